The van der Waals surface area contributed by atoms with E-state index >= 15 is 0 Å². The molecule has 1 rings (SSSR count). The zero-order valence-corrected chi connectivity index (χ0v) is 13.9. The second-order valence-corrected chi connectivity index (χ2v) is 4.14. The standard InChI is InChI=1S/C13H18F3N3O.HI/c1-2-8-18-12(17)19-9-7-10-3-5-11(6-4-10)20-13(14,15)16;/h3-6H,2,7-9H2,1H3,(H3,17,18,19);1H. The molecule has 0 aliphatic rings. The van der Waals surface area contributed by atoms with Crippen molar-refractivity contribution in [1.29, 1.82) is 0 Å². The number of halogens is 4. The van der Waals surface area contributed by atoms with Gasteiger partial charge in [0.1, 0.15) is 5.75 Å². The Morgan fingerprint density at radius 1 is 1.29 bits per heavy atom. The van der Waals surface area contributed by atoms with Crippen molar-refractivity contribution in [2.75, 3.05) is 13.1 Å². The summed E-state index contributed by atoms with van der Waals surface area (Å²) in [5.41, 5.74) is 6.50. The first-order valence-corrected chi connectivity index (χ1v) is 6.29. The van der Waals surface area contributed by atoms with Gasteiger partial charge in [0, 0.05) is 13.1 Å². The van der Waals surface area contributed by atoms with Crippen molar-refractivity contribution < 1.29 is 17.9 Å². The molecule has 0 fully saturated rings. The van der Waals surface area contributed by atoms with Crippen LogP contribution in [0.5, 0.6) is 5.75 Å². The molecule has 0 saturated heterocycles. The largest absolute Gasteiger partial charge is 0.573 e. The van der Waals surface area contributed by atoms with Gasteiger partial charge < -0.3 is 15.8 Å². The highest BCUT2D eigenvalue weighted by molar-refractivity contribution is 14.0. The maximum Gasteiger partial charge on any atom is 0.573 e. The van der Waals surface area contributed by atoms with E-state index in [1.165, 1.54) is 12.1 Å². The SMILES string of the molecule is CCCN=C(N)NCCc1ccc(OC(F)(F)F)cc1.I. The van der Waals surface area contributed by atoms with Gasteiger partial charge in [0.25, 0.3) is 0 Å². The summed E-state index contributed by atoms with van der Waals surface area (Å²) in [6.07, 6.45) is -3.11. The van der Waals surface area contributed by atoms with Gasteiger partial charge in [-0.05, 0) is 30.5 Å². The molecule has 0 atom stereocenters. The highest BCUT2D eigenvalue weighted by atomic mass is 127. The van der Waals surface area contributed by atoms with Gasteiger partial charge in [-0.15, -0.1) is 37.1 Å². The predicted molar refractivity (Wildman–Crippen MR) is 87.0 cm³/mol. The van der Waals surface area contributed by atoms with Crippen LogP contribution in [0.25, 0.3) is 0 Å². The van der Waals surface area contributed by atoms with Gasteiger partial charge in [-0.25, -0.2) is 0 Å². The monoisotopic (exact) mass is 417 g/mol. The Balaban J connectivity index is 0.00000400. The van der Waals surface area contributed by atoms with Gasteiger partial charge in [-0.1, -0.05) is 19.1 Å². The van der Waals surface area contributed by atoms with Crippen molar-refractivity contribution in [3.05, 3.63) is 29.8 Å². The Morgan fingerprint density at radius 3 is 2.43 bits per heavy atom. The first kappa shape index (κ1) is 19.8. The minimum Gasteiger partial charge on any atom is -0.406 e. The molecule has 0 radical (unpaired) electrons. The molecule has 1 aromatic rings. The van der Waals surface area contributed by atoms with E-state index in [1.54, 1.807) is 12.1 Å². The van der Waals surface area contributed by atoms with Crippen LogP contribution in [-0.4, -0.2) is 25.4 Å². The summed E-state index contributed by atoms with van der Waals surface area (Å²) in [5, 5.41) is 2.94. The highest BCUT2D eigenvalue weighted by Crippen LogP contribution is 2.22. The lowest BCUT2D eigenvalue weighted by Crippen LogP contribution is -2.33. The Kier molecular flexibility index (Phi) is 9.14. The number of nitrogens with zero attached hydrogens (tertiary/aromatic N) is 1. The van der Waals surface area contributed by atoms with Crippen LogP contribution in [0.2, 0.25) is 0 Å². The molecule has 0 saturated carbocycles. The van der Waals surface area contributed by atoms with E-state index in [4.69, 9.17) is 5.73 Å². The summed E-state index contributed by atoms with van der Waals surface area (Å²) in [6, 6.07) is 5.75. The number of nitrogens with one attached hydrogen (secondary N) is 1. The van der Waals surface area contributed by atoms with E-state index in [0.717, 1.165) is 12.0 Å². The lowest BCUT2D eigenvalue weighted by Gasteiger charge is -2.09. The van der Waals surface area contributed by atoms with Crippen LogP contribution in [0.3, 0.4) is 0 Å². The molecule has 21 heavy (non-hydrogen) atoms. The van der Waals surface area contributed by atoms with Crippen LogP contribution >= 0.6 is 24.0 Å². The van der Waals surface area contributed by atoms with E-state index in [-0.39, 0.29) is 29.7 Å². The number of aliphatic imine (C=N–C) groups is 1. The maximum absolute atomic E-state index is 12.0. The second-order valence-electron chi connectivity index (χ2n) is 4.14. The van der Waals surface area contributed by atoms with Crippen molar-refractivity contribution in [3.63, 3.8) is 0 Å². The fourth-order valence-electron chi connectivity index (χ4n) is 1.48. The first-order chi connectivity index (χ1) is 9.40. The Morgan fingerprint density at radius 2 is 1.90 bits per heavy atom. The molecule has 0 heterocycles. The quantitative estimate of drug-likeness (QED) is 0.425. The lowest BCUT2D eigenvalue weighted by atomic mass is 10.1. The summed E-state index contributed by atoms with van der Waals surface area (Å²) in [4.78, 5) is 4.07. The number of nitrogens with two attached hydrogens (primary N) is 1. The van der Waals surface area contributed by atoms with Gasteiger partial charge in [0.15, 0.2) is 5.96 Å². The van der Waals surface area contributed by atoms with Crippen molar-refractivity contribution >= 4 is 29.9 Å². The van der Waals surface area contributed by atoms with Gasteiger partial charge in [-0.2, -0.15) is 0 Å². The zero-order chi connectivity index (χ0) is 15.0. The molecular formula is C13H19F3IN3O. The molecule has 4 nitrogen and oxygen atoms in total. The predicted octanol–water partition coefficient (Wildman–Crippen LogP) is 3.06. The molecular weight excluding hydrogens is 398 g/mol. The molecule has 3 N–H and O–H groups in total. The van der Waals surface area contributed by atoms with Crippen LogP contribution in [0.15, 0.2) is 29.3 Å². The number of alkyl halides is 3. The summed E-state index contributed by atoms with van der Waals surface area (Å²) in [7, 11) is 0. The van der Waals surface area contributed by atoms with E-state index in [1.807, 2.05) is 6.92 Å². The van der Waals surface area contributed by atoms with Crippen molar-refractivity contribution in [2.24, 2.45) is 10.7 Å². The molecule has 0 aromatic heterocycles. The highest BCUT2D eigenvalue weighted by Gasteiger charge is 2.30. The van der Waals surface area contributed by atoms with Crippen molar-refractivity contribution in [2.45, 2.75) is 26.1 Å². The number of hydrogen-bond donors (Lipinski definition) is 2. The molecule has 120 valence electrons. The Bertz CT molecular complexity index is 435. The molecule has 0 aliphatic carbocycles. The molecule has 0 amide bonds. The number of hydrogen-bond acceptors (Lipinski definition) is 2. The molecule has 8 heteroatoms. The van der Waals surface area contributed by atoms with E-state index in [2.05, 4.69) is 15.0 Å². The third-order valence-electron chi connectivity index (χ3n) is 2.38. The van der Waals surface area contributed by atoms with Crippen LogP contribution in [0.1, 0.15) is 18.9 Å². The molecule has 0 unspecified atom stereocenters. The van der Waals surface area contributed by atoms with Crippen LogP contribution < -0.4 is 15.8 Å². The number of ether oxygens (including phenoxy) is 1. The molecule has 0 aliphatic heterocycles. The maximum atomic E-state index is 12.0. The average molecular weight is 417 g/mol. The third-order valence-corrected chi connectivity index (χ3v) is 2.38. The lowest BCUT2D eigenvalue weighted by molar-refractivity contribution is -0.274. The second kappa shape index (κ2) is 9.69. The summed E-state index contributed by atoms with van der Waals surface area (Å²) in [6.45, 7) is 3.24. The Hall–Kier alpha value is -1.19. The fourth-order valence-corrected chi connectivity index (χ4v) is 1.48. The van der Waals surface area contributed by atoms with Gasteiger partial charge in [0.05, 0.1) is 0 Å². The summed E-state index contributed by atoms with van der Waals surface area (Å²) in [5.74, 6) is 0.155. The Labute approximate surface area is 139 Å². The van der Waals surface area contributed by atoms with Crippen LogP contribution in [0.4, 0.5) is 13.2 Å². The third kappa shape index (κ3) is 9.38. The summed E-state index contributed by atoms with van der Waals surface area (Å²) < 4.78 is 39.7. The number of guanidine groups is 1. The van der Waals surface area contributed by atoms with E-state index < -0.39 is 6.36 Å². The fraction of sp³-hybridized carbons (Fsp3) is 0.462. The molecule has 0 spiro atoms. The van der Waals surface area contributed by atoms with Gasteiger partial charge >= 0.3 is 6.36 Å². The minimum atomic E-state index is -4.66. The van der Waals surface area contributed by atoms with Crippen LogP contribution in [-0.2, 0) is 6.42 Å². The summed E-state index contributed by atoms with van der Waals surface area (Å²) >= 11 is 0. The average Bonchev–Trinajstić information content (AvgIpc) is 2.37. The number of rotatable bonds is 6. The van der Waals surface area contributed by atoms with E-state index in [9.17, 15) is 13.2 Å². The topological polar surface area (TPSA) is 59.6 Å². The van der Waals surface area contributed by atoms with E-state index in [0.29, 0.717) is 25.5 Å². The zero-order valence-electron chi connectivity index (χ0n) is 11.6. The van der Waals surface area contributed by atoms with Gasteiger partial charge in [0.2, 0.25) is 0 Å². The molecule has 0 bridgehead atoms. The van der Waals surface area contributed by atoms with Crippen molar-refractivity contribution in [1.82, 2.24) is 5.32 Å². The van der Waals surface area contributed by atoms with Crippen molar-refractivity contribution in [3.8, 4) is 5.75 Å². The minimum absolute atomic E-state index is 0. The van der Waals surface area contributed by atoms with Crippen LogP contribution in [0, 0.1) is 0 Å². The normalized spacial score (nSPS) is 11.7. The first-order valence-electron chi connectivity index (χ1n) is 6.29. The number of benzene rings is 1. The molecule has 1 aromatic carbocycles. The smallest absolute Gasteiger partial charge is 0.406 e. The van der Waals surface area contributed by atoms with Gasteiger partial charge in [-0.3, -0.25) is 4.99 Å².